The Labute approximate surface area is 132 Å². The highest BCUT2D eigenvalue weighted by molar-refractivity contribution is 9.10. The van der Waals surface area contributed by atoms with Crippen molar-refractivity contribution in [3.05, 3.63) is 57.9 Å². The van der Waals surface area contributed by atoms with Crippen molar-refractivity contribution >= 4 is 55.1 Å². The summed E-state index contributed by atoms with van der Waals surface area (Å²) in [5.74, 6) is -0.893. The summed E-state index contributed by atoms with van der Waals surface area (Å²) in [6.07, 6.45) is 0. The summed E-state index contributed by atoms with van der Waals surface area (Å²) in [5.41, 5.74) is 0.342. The monoisotopic (exact) mass is 364 g/mol. The summed E-state index contributed by atoms with van der Waals surface area (Å²) in [6, 6.07) is 13.2. The average molecular weight is 365 g/mol. The Balaban J connectivity index is 2.04. The van der Waals surface area contributed by atoms with Crippen LogP contribution in [0, 0.1) is 0 Å². The van der Waals surface area contributed by atoms with Gasteiger partial charge in [0.25, 0.3) is 0 Å². The van der Waals surface area contributed by atoms with E-state index < -0.39 is 5.97 Å². The molecule has 0 spiro atoms. The summed E-state index contributed by atoms with van der Waals surface area (Å²) in [7, 11) is 0. The fourth-order valence-electron chi connectivity index (χ4n) is 1.91. The molecule has 3 aromatic rings. The van der Waals surface area contributed by atoms with Crippen molar-refractivity contribution in [3.63, 3.8) is 0 Å². The maximum absolute atomic E-state index is 11.2. The van der Waals surface area contributed by atoms with Gasteiger partial charge < -0.3 is 5.11 Å². The second kappa shape index (κ2) is 5.60. The Morgan fingerprint density at radius 3 is 2.75 bits per heavy atom. The van der Waals surface area contributed by atoms with Crippen LogP contribution >= 0.6 is 39.0 Å². The van der Waals surface area contributed by atoms with Crippen LogP contribution < -0.4 is 0 Å². The van der Waals surface area contributed by atoms with Gasteiger partial charge in [0.15, 0.2) is 0 Å². The van der Waals surface area contributed by atoms with E-state index in [4.69, 9.17) is 0 Å². The Bertz CT molecular complexity index is 795. The Kier molecular flexibility index (Phi) is 3.83. The van der Waals surface area contributed by atoms with Crippen molar-refractivity contribution in [1.82, 2.24) is 0 Å². The highest BCUT2D eigenvalue weighted by atomic mass is 79.9. The first-order chi connectivity index (χ1) is 9.65. The molecule has 0 atom stereocenters. The predicted molar refractivity (Wildman–Crippen MR) is 87.0 cm³/mol. The molecule has 0 aliphatic heterocycles. The summed E-state index contributed by atoms with van der Waals surface area (Å²) >= 11 is 6.62. The Morgan fingerprint density at radius 1 is 1.15 bits per heavy atom. The molecular formula is C15H9BrO2S2. The molecule has 0 amide bonds. The van der Waals surface area contributed by atoms with Crippen molar-refractivity contribution < 1.29 is 9.90 Å². The molecule has 1 N–H and O–H groups in total. The van der Waals surface area contributed by atoms with Gasteiger partial charge in [-0.15, -0.1) is 11.3 Å². The molecule has 1 heterocycles. The first-order valence-electron chi connectivity index (χ1n) is 5.82. The van der Waals surface area contributed by atoms with Crippen LogP contribution in [0.25, 0.3) is 10.1 Å². The highest BCUT2D eigenvalue weighted by Gasteiger charge is 2.12. The highest BCUT2D eigenvalue weighted by Crippen LogP contribution is 2.39. The minimum Gasteiger partial charge on any atom is -0.478 e. The molecule has 0 radical (unpaired) electrons. The van der Waals surface area contributed by atoms with Crippen LogP contribution in [0.5, 0.6) is 0 Å². The molecule has 0 saturated carbocycles. The van der Waals surface area contributed by atoms with Crippen LogP contribution in [0.3, 0.4) is 0 Å². The number of hydrogen-bond acceptors (Lipinski definition) is 3. The normalized spacial score (nSPS) is 10.8. The molecule has 2 aromatic carbocycles. The van der Waals surface area contributed by atoms with Crippen LogP contribution in [0.2, 0.25) is 0 Å². The number of carboxylic acids is 1. The van der Waals surface area contributed by atoms with E-state index in [1.54, 1.807) is 23.5 Å². The van der Waals surface area contributed by atoms with Crippen molar-refractivity contribution in [3.8, 4) is 0 Å². The SMILES string of the molecule is O=C(O)c1ccccc1Sc1csc2cc(Br)ccc12. The lowest BCUT2D eigenvalue weighted by Crippen LogP contribution is -1.97. The Hall–Kier alpha value is -1.30. The van der Waals surface area contributed by atoms with E-state index >= 15 is 0 Å². The molecular weight excluding hydrogens is 356 g/mol. The quantitative estimate of drug-likeness (QED) is 0.665. The summed E-state index contributed by atoms with van der Waals surface area (Å²) in [6.45, 7) is 0. The van der Waals surface area contributed by atoms with E-state index in [1.165, 1.54) is 16.5 Å². The second-order valence-electron chi connectivity index (χ2n) is 4.14. The lowest BCUT2D eigenvalue weighted by atomic mass is 10.2. The summed E-state index contributed by atoms with van der Waals surface area (Å²) in [4.78, 5) is 13.1. The molecule has 0 bridgehead atoms. The molecule has 1 aromatic heterocycles. The predicted octanol–water partition coefficient (Wildman–Crippen LogP) is 5.51. The molecule has 0 aliphatic rings. The van der Waals surface area contributed by atoms with E-state index in [-0.39, 0.29) is 0 Å². The zero-order chi connectivity index (χ0) is 14.1. The van der Waals surface area contributed by atoms with Gasteiger partial charge in [0.05, 0.1) is 5.56 Å². The second-order valence-corrected chi connectivity index (χ2v) is 7.05. The lowest BCUT2D eigenvalue weighted by Gasteiger charge is -2.04. The van der Waals surface area contributed by atoms with Gasteiger partial charge in [0.2, 0.25) is 0 Å². The molecule has 2 nitrogen and oxygen atoms in total. The standard InChI is InChI=1S/C15H9BrO2S2/c16-9-5-6-10-13(7-9)19-8-14(10)20-12-4-2-1-3-11(12)15(17)18/h1-8H,(H,17,18). The van der Waals surface area contributed by atoms with Crippen molar-refractivity contribution in [2.24, 2.45) is 0 Å². The number of aromatic carboxylic acids is 1. The van der Waals surface area contributed by atoms with Crippen molar-refractivity contribution in [2.45, 2.75) is 9.79 Å². The van der Waals surface area contributed by atoms with Gasteiger partial charge in [-0.2, -0.15) is 0 Å². The largest absolute Gasteiger partial charge is 0.478 e. The van der Waals surface area contributed by atoms with Crippen LogP contribution in [0.4, 0.5) is 0 Å². The fourth-order valence-corrected chi connectivity index (χ4v) is 4.62. The third kappa shape index (κ3) is 2.61. The smallest absolute Gasteiger partial charge is 0.336 e. The molecule has 0 aliphatic carbocycles. The summed E-state index contributed by atoms with van der Waals surface area (Å²) < 4.78 is 2.24. The van der Waals surface area contributed by atoms with Crippen LogP contribution in [-0.4, -0.2) is 11.1 Å². The number of halogens is 1. The number of carbonyl (C=O) groups is 1. The van der Waals surface area contributed by atoms with Crippen LogP contribution in [-0.2, 0) is 0 Å². The molecule has 5 heteroatoms. The van der Waals surface area contributed by atoms with Gasteiger partial charge >= 0.3 is 5.97 Å². The van der Waals surface area contributed by atoms with Gasteiger partial charge in [0.1, 0.15) is 0 Å². The molecule has 0 saturated heterocycles. The third-order valence-corrected chi connectivity index (χ3v) is 5.56. The first kappa shape index (κ1) is 13.7. The number of fused-ring (bicyclic) bond motifs is 1. The van der Waals surface area contributed by atoms with Gasteiger partial charge in [-0.05, 0) is 24.3 Å². The van der Waals surface area contributed by atoms with Crippen molar-refractivity contribution in [2.75, 3.05) is 0 Å². The van der Waals surface area contributed by atoms with Gasteiger partial charge in [-0.25, -0.2) is 4.79 Å². The number of benzene rings is 2. The molecule has 3 rings (SSSR count). The minimum absolute atomic E-state index is 0.342. The van der Waals surface area contributed by atoms with E-state index in [1.807, 2.05) is 18.2 Å². The first-order valence-corrected chi connectivity index (χ1v) is 8.31. The third-order valence-electron chi connectivity index (χ3n) is 2.84. The number of thiophene rings is 1. The van der Waals surface area contributed by atoms with Gasteiger partial charge in [-0.3, -0.25) is 0 Å². The van der Waals surface area contributed by atoms with E-state index in [0.29, 0.717) is 5.56 Å². The van der Waals surface area contributed by atoms with E-state index in [0.717, 1.165) is 19.6 Å². The topological polar surface area (TPSA) is 37.3 Å². The summed E-state index contributed by atoms with van der Waals surface area (Å²) in [5, 5.41) is 12.5. The lowest BCUT2D eigenvalue weighted by molar-refractivity contribution is 0.0693. The maximum atomic E-state index is 11.2. The number of carboxylic acid groups (broad SMARTS) is 1. The Morgan fingerprint density at radius 2 is 1.95 bits per heavy atom. The maximum Gasteiger partial charge on any atom is 0.336 e. The molecule has 0 fully saturated rings. The van der Waals surface area contributed by atoms with E-state index in [9.17, 15) is 9.90 Å². The zero-order valence-electron chi connectivity index (χ0n) is 10.2. The number of rotatable bonds is 3. The fraction of sp³-hybridized carbons (Fsp3) is 0. The van der Waals surface area contributed by atoms with Gasteiger partial charge in [-0.1, -0.05) is 45.9 Å². The van der Waals surface area contributed by atoms with Crippen LogP contribution in [0.1, 0.15) is 10.4 Å². The molecule has 0 unspecified atom stereocenters. The molecule has 100 valence electrons. The van der Waals surface area contributed by atoms with Crippen molar-refractivity contribution in [1.29, 1.82) is 0 Å². The van der Waals surface area contributed by atoms with E-state index in [2.05, 4.69) is 33.4 Å². The molecule has 20 heavy (non-hydrogen) atoms. The van der Waals surface area contributed by atoms with Gasteiger partial charge in [0, 0.05) is 29.7 Å². The average Bonchev–Trinajstić information content (AvgIpc) is 2.81. The van der Waals surface area contributed by atoms with Crippen LogP contribution in [0.15, 0.2) is 62.1 Å². The number of hydrogen-bond donors (Lipinski definition) is 1. The minimum atomic E-state index is -0.893. The zero-order valence-corrected chi connectivity index (χ0v) is 13.4.